The van der Waals surface area contributed by atoms with E-state index in [2.05, 4.69) is 5.32 Å². The van der Waals surface area contributed by atoms with Crippen molar-refractivity contribution < 1.29 is 0 Å². The molecule has 0 unspecified atom stereocenters. The maximum Gasteiger partial charge on any atom is 0.275 e. The number of nitrogens with one attached hydrogen (secondary N) is 1. The van der Waals surface area contributed by atoms with Crippen LogP contribution in [0.15, 0.2) is 58.1 Å². The first kappa shape index (κ1) is 15.0. The van der Waals surface area contributed by atoms with E-state index in [-0.39, 0.29) is 23.3 Å². The van der Waals surface area contributed by atoms with Crippen molar-refractivity contribution in [3.05, 3.63) is 74.3 Å². The van der Waals surface area contributed by atoms with Gasteiger partial charge in [-0.1, -0.05) is 23.7 Å². The molecule has 0 saturated heterocycles. The third kappa shape index (κ3) is 2.24. The van der Waals surface area contributed by atoms with Gasteiger partial charge in [-0.2, -0.15) is 0 Å². The lowest BCUT2D eigenvalue weighted by Crippen LogP contribution is -2.38. The minimum absolute atomic E-state index is 0.0559. The highest BCUT2D eigenvalue weighted by Crippen LogP contribution is 2.29. The van der Waals surface area contributed by atoms with Crippen molar-refractivity contribution in [1.29, 1.82) is 0 Å². The molecule has 0 aliphatic carbocycles. The van der Waals surface area contributed by atoms with Crippen LogP contribution in [-0.4, -0.2) is 9.36 Å². The van der Waals surface area contributed by atoms with E-state index < -0.39 is 0 Å². The molecule has 2 atom stereocenters. The van der Waals surface area contributed by atoms with Crippen molar-refractivity contribution in [2.75, 3.05) is 5.32 Å². The number of nitrogens with zero attached hydrogens (tertiary/aromatic N) is 2. The molecule has 1 aliphatic rings. The van der Waals surface area contributed by atoms with Gasteiger partial charge in [-0.25, -0.2) is 9.36 Å². The molecule has 1 aliphatic heterocycles. The van der Waals surface area contributed by atoms with Gasteiger partial charge in [0, 0.05) is 17.1 Å². The first-order valence-electron chi connectivity index (χ1n) is 7.84. The van der Waals surface area contributed by atoms with E-state index in [0.717, 1.165) is 5.69 Å². The molecule has 2 heterocycles. The molecule has 0 spiro atoms. The largest absolute Gasteiger partial charge is 0.364 e. The highest BCUT2D eigenvalue weighted by molar-refractivity contribution is 6.30. The second kappa shape index (κ2) is 5.53. The molecule has 2 aromatic carbocycles. The first-order valence-corrected chi connectivity index (χ1v) is 8.22. The van der Waals surface area contributed by atoms with Crippen molar-refractivity contribution in [2.24, 2.45) is 0 Å². The van der Waals surface area contributed by atoms with Gasteiger partial charge in [0.1, 0.15) is 6.17 Å². The zero-order valence-electron chi connectivity index (χ0n) is 13.1. The summed E-state index contributed by atoms with van der Waals surface area (Å²) < 4.78 is 3.11. The molecule has 1 aromatic heterocycles. The average Bonchev–Trinajstić information content (AvgIpc) is 2.91. The van der Waals surface area contributed by atoms with Gasteiger partial charge in [-0.05, 0) is 43.3 Å². The quantitative estimate of drug-likeness (QED) is 0.777. The second-order valence-electron chi connectivity index (χ2n) is 6.10. The summed E-state index contributed by atoms with van der Waals surface area (Å²) in [6, 6.07) is 14.2. The van der Waals surface area contributed by atoms with Gasteiger partial charge in [-0.15, -0.1) is 0 Å². The third-order valence-electron chi connectivity index (χ3n) is 4.49. The maximum atomic E-state index is 12.9. The van der Waals surface area contributed by atoms with E-state index in [1.165, 1.54) is 0 Å². The van der Waals surface area contributed by atoms with E-state index in [1.807, 2.05) is 19.1 Å². The van der Waals surface area contributed by atoms with E-state index in [0.29, 0.717) is 22.2 Å². The number of benzene rings is 2. The molecule has 5 nitrogen and oxygen atoms in total. The number of rotatable bonds is 2. The fourth-order valence-corrected chi connectivity index (χ4v) is 3.51. The van der Waals surface area contributed by atoms with Crippen LogP contribution >= 0.6 is 11.6 Å². The molecule has 1 N–H and O–H groups in total. The summed E-state index contributed by atoms with van der Waals surface area (Å²) in [6.07, 6.45) is 0.389. The van der Waals surface area contributed by atoms with Crippen LogP contribution in [0.3, 0.4) is 0 Å². The van der Waals surface area contributed by atoms with Crippen molar-refractivity contribution in [3.8, 4) is 0 Å². The highest BCUT2D eigenvalue weighted by Gasteiger charge is 2.31. The van der Waals surface area contributed by atoms with Crippen molar-refractivity contribution >= 4 is 28.1 Å². The predicted octanol–water partition coefficient (Wildman–Crippen LogP) is 3.39. The van der Waals surface area contributed by atoms with Crippen LogP contribution in [0, 0.1) is 0 Å². The molecule has 6 heteroatoms. The van der Waals surface area contributed by atoms with Crippen LogP contribution in [-0.2, 0) is 0 Å². The number of fused-ring (bicyclic) bond motifs is 2. The summed E-state index contributed by atoms with van der Waals surface area (Å²) >= 11 is 5.92. The zero-order chi connectivity index (χ0) is 16.8. The molecular formula is C18H16ClN3O2. The Balaban J connectivity index is 1.88. The fourth-order valence-electron chi connectivity index (χ4n) is 3.38. The number of hydrogen-bond acceptors (Lipinski definition) is 3. The summed E-state index contributed by atoms with van der Waals surface area (Å²) in [5.41, 5.74) is 0.580. The smallest absolute Gasteiger partial charge is 0.275 e. The Labute approximate surface area is 143 Å². The summed E-state index contributed by atoms with van der Waals surface area (Å²) in [5.74, 6) is 0. The van der Waals surface area contributed by atoms with Gasteiger partial charge < -0.3 is 5.32 Å². The molecule has 0 amide bonds. The summed E-state index contributed by atoms with van der Waals surface area (Å²) in [5, 5.41) is 4.91. The second-order valence-corrected chi connectivity index (χ2v) is 6.53. The number of hydrogen-bond donors (Lipinski definition) is 1. The Bertz CT molecular complexity index is 1040. The normalized spacial score (nSPS) is 19.4. The first-order chi connectivity index (χ1) is 11.6. The fraction of sp³-hybridized carbons (Fsp3) is 0.222. The van der Waals surface area contributed by atoms with Crippen molar-refractivity contribution in [1.82, 2.24) is 9.36 Å². The van der Waals surface area contributed by atoms with Crippen LogP contribution in [0.4, 0.5) is 5.69 Å². The minimum atomic E-state index is -0.272. The van der Waals surface area contributed by atoms with E-state index in [4.69, 9.17) is 11.6 Å². The van der Waals surface area contributed by atoms with Crippen LogP contribution in [0.2, 0.25) is 5.02 Å². The molecule has 122 valence electrons. The SMILES string of the molecule is C[C@H]1C[C@H](Nc2ccc(Cl)cc2)n2c(=O)c3ccccc3c(=O)n21. The van der Waals surface area contributed by atoms with E-state index in [9.17, 15) is 9.59 Å². The van der Waals surface area contributed by atoms with Gasteiger partial charge in [-0.3, -0.25) is 9.59 Å². The molecule has 0 radical (unpaired) electrons. The van der Waals surface area contributed by atoms with Gasteiger partial charge in [0.2, 0.25) is 0 Å². The van der Waals surface area contributed by atoms with Crippen LogP contribution in [0.1, 0.15) is 25.6 Å². The molecular weight excluding hydrogens is 326 g/mol. The molecule has 24 heavy (non-hydrogen) atoms. The lowest BCUT2D eigenvalue weighted by Gasteiger charge is -2.18. The molecule has 0 fully saturated rings. The Kier molecular flexibility index (Phi) is 3.46. The van der Waals surface area contributed by atoms with Crippen molar-refractivity contribution in [3.63, 3.8) is 0 Å². The molecule has 0 bridgehead atoms. The standard InChI is InChI=1S/C18H16ClN3O2/c1-11-10-16(20-13-8-6-12(19)7-9-13)22-18(24)15-5-3-2-4-14(15)17(23)21(11)22/h2-9,11,16,20H,10H2,1H3/t11-,16+/m0/s1. The number of halogens is 1. The molecule has 0 saturated carbocycles. The topological polar surface area (TPSA) is 56.0 Å². The minimum Gasteiger partial charge on any atom is -0.364 e. The third-order valence-corrected chi connectivity index (χ3v) is 4.74. The summed E-state index contributed by atoms with van der Waals surface area (Å²) in [7, 11) is 0. The summed E-state index contributed by atoms with van der Waals surface area (Å²) in [6.45, 7) is 1.95. The lowest BCUT2D eigenvalue weighted by molar-refractivity contribution is 0.476. The number of aromatic nitrogens is 2. The summed E-state index contributed by atoms with van der Waals surface area (Å²) in [4.78, 5) is 25.7. The van der Waals surface area contributed by atoms with Gasteiger partial charge in [0.15, 0.2) is 0 Å². The Morgan fingerprint density at radius 1 is 0.958 bits per heavy atom. The van der Waals surface area contributed by atoms with E-state index in [1.54, 1.807) is 45.8 Å². The molecule has 3 aromatic rings. The zero-order valence-corrected chi connectivity index (χ0v) is 13.8. The highest BCUT2D eigenvalue weighted by atomic mass is 35.5. The average molecular weight is 342 g/mol. The molecule has 4 rings (SSSR count). The van der Waals surface area contributed by atoms with Crippen molar-refractivity contribution in [2.45, 2.75) is 25.6 Å². The number of anilines is 1. The lowest BCUT2D eigenvalue weighted by atomic mass is 10.2. The Hall–Kier alpha value is -2.53. The Morgan fingerprint density at radius 3 is 2.17 bits per heavy atom. The van der Waals surface area contributed by atoms with Gasteiger partial charge in [0.25, 0.3) is 11.1 Å². The van der Waals surface area contributed by atoms with Crippen LogP contribution < -0.4 is 16.4 Å². The maximum absolute atomic E-state index is 12.9. The monoisotopic (exact) mass is 341 g/mol. The van der Waals surface area contributed by atoms with Crippen LogP contribution in [0.5, 0.6) is 0 Å². The Morgan fingerprint density at radius 2 is 1.54 bits per heavy atom. The van der Waals surface area contributed by atoms with E-state index >= 15 is 0 Å². The van der Waals surface area contributed by atoms with Crippen LogP contribution in [0.25, 0.3) is 10.8 Å². The van der Waals surface area contributed by atoms with Gasteiger partial charge in [0.05, 0.1) is 16.8 Å². The van der Waals surface area contributed by atoms with Gasteiger partial charge >= 0.3 is 0 Å². The predicted molar refractivity (Wildman–Crippen MR) is 95.9 cm³/mol.